The first-order valence-corrected chi connectivity index (χ1v) is 10.5. The molecule has 1 aromatic rings. The summed E-state index contributed by atoms with van der Waals surface area (Å²) in [6.45, 7) is 6.44. The molecule has 26 heavy (non-hydrogen) atoms. The second-order valence-corrected chi connectivity index (χ2v) is 9.18. The lowest BCUT2D eigenvalue weighted by molar-refractivity contribution is -0.0500. The number of hydrogen-bond donors (Lipinski definition) is 0. The van der Waals surface area contributed by atoms with Crippen molar-refractivity contribution in [2.75, 3.05) is 0 Å². The minimum Gasteiger partial charge on any atom is -0.376 e. The van der Waals surface area contributed by atoms with Crippen LogP contribution in [-0.2, 0) is 30.0 Å². The zero-order valence-electron chi connectivity index (χ0n) is 14.4. The normalized spacial score (nSPS) is 13.4. The van der Waals surface area contributed by atoms with Gasteiger partial charge in [-0.1, -0.05) is 0 Å². The van der Waals surface area contributed by atoms with Gasteiger partial charge in [-0.15, -0.1) is 0 Å². The molecule has 0 spiro atoms. The van der Waals surface area contributed by atoms with Crippen molar-refractivity contribution in [2.45, 2.75) is 51.7 Å². The first-order chi connectivity index (χ1) is 11.7. The molecule has 0 saturated carbocycles. The molecule has 0 fully saturated rings. The Hall–Kier alpha value is -1.36. The van der Waals surface area contributed by atoms with Gasteiger partial charge in [0, 0.05) is 12.3 Å². The Morgan fingerprint density at radius 3 is 2.04 bits per heavy atom. The van der Waals surface area contributed by atoms with Crippen LogP contribution in [0.2, 0.25) is 0 Å². The molecule has 0 N–H and O–H groups in total. The minimum absolute atomic E-state index is 0.477. The van der Waals surface area contributed by atoms with Crippen LogP contribution in [0.1, 0.15) is 27.7 Å². The van der Waals surface area contributed by atoms with Crippen molar-refractivity contribution in [2.24, 2.45) is 0 Å². The largest absolute Gasteiger partial charge is 0.534 e. The molecule has 0 aliphatic heterocycles. The minimum atomic E-state index is -5.90. The zero-order chi connectivity index (χ0) is 20.3. The lowest BCUT2D eigenvalue weighted by Crippen LogP contribution is -2.29. The molecule has 0 atom stereocenters. The standard InChI is InChI=1S/C13H19F3NO7PS/c1-9(2)22-25(19,23-10(3)4)8-17-6-5-11(7-12(17)18)24-26(20,21)13(14,15)16/h5-7,9-10H,8H2,1-4H3. The molecule has 0 aromatic carbocycles. The summed E-state index contributed by atoms with van der Waals surface area (Å²) in [5.41, 5.74) is -6.58. The van der Waals surface area contributed by atoms with Gasteiger partial charge in [0.2, 0.25) is 0 Å². The van der Waals surface area contributed by atoms with E-state index in [0.717, 1.165) is 16.8 Å². The van der Waals surface area contributed by atoms with Crippen molar-refractivity contribution in [1.82, 2.24) is 4.57 Å². The highest BCUT2D eigenvalue weighted by Gasteiger charge is 2.48. The molecule has 1 rings (SSSR count). The highest BCUT2D eigenvalue weighted by atomic mass is 32.2. The third kappa shape index (κ3) is 6.42. The van der Waals surface area contributed by atoms with E-state index in [1.54, 1.807) is 27.7 Å². The molecule has 0 amide bonds. The number of pyridine rings is 1. The van der Waals surface area contributed by atoms with Crippen molar-refractivity contribution in [3.05, 3.63) is 28.7 Å². The summed E-state index contributed by atoms with van der Waals surface area (Å²) < 4.78 is 86.8. The van der Waals surface area contributed by atoms with Crippen LogP contribution in [0.5, 0.6) is 5.75 Å². The summed E-state index contributed by atoms with van der Waals surface area (Å²) in [6.07, 6.45) is -0.525. The van der Waals surface area contributed by atoms with Crippen LogP contribution < -0.4 is 9.74 Å². The van der Waals surface area contributed by atoms with Crippen molar-refractivity contribution >= 4 is 17.7 Å². The van der Waals surface area contributed by atoms with Crippen LogP contribution in [0.25, 0.3) is 0 Å². The van der Waals surface area contributed by atoms with Gasteiger partial charge in [0.15, 0.2) is 0 Å². The number of hydrogen-bond acceptors (Lipinski definition) is 7. The third-order valence-corrected chi connectivity index (χ3v) is 5.64. The van der Waals surface area contributed by atoms with Gasteiger partial charge in [-0.05, 0) is 33.8 Å². The highest BCUT2D eigenvalue weighted by molar-refractivity contribution is 7.88. The molecular weight excluding hydrogens is 402 g/mol. The van der Waals surface area contributed by atoms with Crippen molar-refractivity contribution in [3.63, 3.8) is 0 Å². The second kappa shape index (κ2) is 8.12. The third-order valence-electron chi connectivity index (χ3n) is 2.53. The van der Waals surface area contributed by atoms with Crippen LogP contribution in [0.3, 0.4) is 0 Å². The number of halogens is 3. The van der Waals surface area contributed by atoms with Crippen molar-refractivity contribution in [3.8, 4) is 5.75 Å². The fourth-order valence-corrected chi connectivity index (χ4v) is 4.28. The number of alkyl halides is 3. The Morgan fingerprint density at radius 2 is 1.65 bits per heavy atom. The zero-order valence-corrected chi connectivity index (χ0v) is 16.1. The first-order valence-electron chi connectivity index (χ1n) is 7.32. The summed E-state index contributed by atoms with van der Waals surface area (Å²) >= 11 is 0. The topological polar surface area (TPSA) is 101 Å². The fraction of sp³-hybridized carbons (Fsp3) is 0.615. The van der Waals surface area contributed by atoms with Gasteiger partial charge in [-0.2, -0.15) is 21.6 Å². The van der Waals surface area contributed by atoms with Crippen molar-refractivity contribution in [1.29, 1.82) is 0 Å². The van der Waals surface area contributed by atoms with Gasteiger partial charge in [-0.3, -0.25) is 9.36 Å². The van der Waals surface area contributed by atoms with Crippen molar-refractivity contribution < 1.29 is 39.4 Å². The van der Waals surface area contributed by atoms with E-state index in [-0.39, 0.29) is 0 Å². The Bertz CT molecular complexity index is 819. The molecule has 150 valence electrons. The smallest absolute Gasteiger partial charge is 0.376 e. The highest BCUT2D eigenvalue weighted by Crippen LogP contribution is 2.51. The van der Waals surface area contributed by atoms with E-state index < -0.39 is 53.0 Å². The van der Waals surface area contributed by atoms with Gasteiger partial charge in [0.25, 0.3) is 5.56 Å². The Morgan fingerprint density at radius 1 is 1.15 bits per heavy atom. The molecule has 0 bridgehead atoms. The number of nitrogens with zero attached hydrogens (tertiary/aromatic N) is 1. The molecule has 0 aliphatic rings. The van der Waals surface area contributed by atoms with E-state index in [1.165, 1.54) is 0 Å². The molecule has 0 aliphatic carbocycles. The number of aromatic nitrogens is 1. The average molecular weight is 421 g/mol. The lowest BCUT2D eigenvalue weighted by Gasteiger charge is -2.23. The predicted molar refractivity (Wildman–Crippen MR) is 86.4 cm³/mol. The first kappa shape index (κ1) is 22.7. The molecule has 8 nitrogen and oxygen atoms in total. The molecule has 0 saturated heterocycles. The van der Waals surface area contributed by atoms with Crippen LogP contribution in [0.15, 0.2) is 23.1 Å². The SMILES string of the molecule is CC(C)OP(=O)(Cn1ccc(OS(=O)(=O)C(F)(F)F)cc1=O)OC(C)C. The molecular formula is C13H19F3NO7PS. The van der Waals surface area contributed by atoms with Gasteiger partial charge in [0.05, 0.1) is 12.2 Å². The predicted octanol–water partition coefficient (Wildman–Crippen LogP) is 3.08. The van der Waals surface area contributed by atoms with Gasteiger partial charge >= 0.3 is 23.2 Å². The van der Waals surface area contributed by atoms with E-state index in [2.05, 4.69) is 4.18 Å². The van der Waals surface area contributed by atoms with Gasteiger partial charge in [0.1, 0.15) is 12.0 Å². The summed E-state index contributed by atoms with van der Waals surface area (Å²) in [7, 11) is -9.64. The van der Waals surface area contributed by atoms with E-state index in [1.807, 2.05) is 0 Å². The maximum absolute atomic E-state index is 12.7. The Labute approximate surface area is 148 Å². The molecule has 1 aromatic heterocycles. The van der Waals surface area contributed by atoms with Crippen LogP contribution in [0.4, 0.5) is 13.2 Å². The lowest BCUT2D eigenvalue weighted by atomic mass is 10.4. The molecule has 13 heteroatoms. The van der Waals surface area contributed by atoms with E-state index in [4.69, 9.17) is 9.05 Å². The quantitative estimate of drug-likeness (QED) is 0.361. The Kier molecular flexibility index (Phi) is 7.08. The fourth-order valence-electron chi connectivity index (χ4n) is 1.75. The summed E-state index contributed by atoms with van der Waals surface area (Å²) in [4.78, 5) is 12.0. The van der Waals surface area contributed by atoms with E-state index >= 15 is 0 Å². The number of rotatable bonds is 8. The van der Waals surface area contributed by atoms with Gasteiger partial charge < -0.3 is 17.8 Å². The second-order valence-electron chi connectivity index (χ2n) is 5.71. The average Bonchev–Trinajstić information content (AvgIpc) is 2.38. The van der Waals surface area contributed by atoms with Gasteiger partial charge in [-0.25, -0.2) is 0 Å². The van der Waals surface area contributed by atoms with E-state index in [0.29, 0.717) is 6.07 Å². The molecule has 0 radical (unpaired) electrons. The molecule has 0 unspecified atom stereocenters. The maximum atomic E-state index is 12.7. The maximum Gasteiger partial charge on any atom is 0.534 e. The summed E-state index contributed by atoms with van der Waals surface area (Å²) in [5.74, 6) is -0.826. The summed E-state index contributed by atoms with van der Waals surface area (Å²) in [5, 5.41) is 0. The van der Waals surface area contributed by atoms with Crippen LogP contribution in [0, 0.1) is 0 Å². The monoisotopic (exact) mass is 421 g/mol. The van der Waals surface area contributed by atoms with E-state index in [9.17, 15) is 30.9 Å². The van der Waals surface area contributed by atoms with Crippen LogP contribution in [-0.4, -0.2) is 30.7 Å². The summed E-state index contributed by atoms with van der Waals surface area (Å²) in [6, 6.07) is 1.35. The molecule has 1 heterocycles. The Balaban J connectivity index is 3.10. The van der Waals surface area contributed by atoms with Crippen LogP contribution >= 0.6 is 7.60 Å².